The molecule has 0 fully saturated rings. The number of aromatic amines is 1. The highest BCUT2D eigenvalue weighted by Gasteiger charge is 2.15. The molecule has 7 heteroatoms. The Balaban J connectivity index is 1.03. The molecule has 7 nitrogen and oxygen atoms in total. The van der Waals surface area contributed by atoms with Crippen molar-refractivity contribution in [3.05, 3.63) is 138 Å². The Morgan fingerprint density at radius 3 is 2.37 bits per heavy atom. The van der Waals surface area contributed by atoms with E-state index in [-0.39, 0.29) is 18.2 Å². The van der Waals surface area contributed by atoms with E-state index in [0.717, 1.165) is 33.3 Å². The van der Waals surface area contributed by atoms with E-state index in [2.05, 4.69) is 28.5 Å². The molecule has 1 amide bonds. The largest absolute Gasteiger partial charge is 0.493 e. The van der Waals surface area contributed by atoms with E-state index in [0.29, 0.717) is 42.2 Å². The van der Waals surface area contributed by atoms with Crippen LogP contribution in [0.4, 0.5) is 5.69 Å². The summed E-state index contributed by atoms with van der Waals surface area (Å²) in [5.41, 5.74) is 11.4. The predicted octanol–water partition coefficient (Wildman–Crippen LogP) is 6.72. The van der Waals surface area contributed by atoms with Gasteiger partial charge in [0.15, 0.2) is 5.78 Å². The van der Waals surface area contributed by atoms with E-state index in [9.17, 15) is 9.59 Å². The average molecular weight is 570 g/mol. The van der Waals surface area contributed by atoms with Crippen molar-refractivity contribution in [2.24, 2.45) is 0 Å². The number of amides is 1. The van der Waals surface area contributed by atoms with Gasteiger partial charge in [-0.1, -0.05) is 66.7 Å². The van der Waals surface area contributed by atoms with Gasteiger partial charge in [0.25, 0.3) is 5.91 Å². The Bertz CT molecular complexity index is 1910. The van der Waals surface area contributed by atoms with E-state index in [1.54, 1.807) is 30.3 Å². The summed E-state index contributed by atoms with van der Waals surface area (Å²) in [6, 6.07) is 36.2. The van der Waals surface area contributed by atoms with Crippen LogP contribution in [-0.4, -0.2) is 29.8 Å². The Labute approximate surface area is 249 Å². The number of hydrogen-bond acceptors (Lipinski definition) is 5. The lowest BCUT2D eigenvalue weighted by Gasteiger charge is -2.12. The van der Waals surface area contributed by atoms with Crippen LogP contribution in [0.2, 0.25) is 0 Å². The fourth-order valence-electron chi connectivity index (χ4n) is 5.11. The Kier molecular flexibility index (Phi) is 8.04. The van der Waals surface area contributed by atoms with Crippen molar-refractivity contribution in [2.75, 3.05) is 18.9 Å². The number of ether oxygens (including phenoxy) is 2. The normalized spacial score (nSPS) is 11.0. The lowest BCUT2D eigenvalue weighted by molar-refractivity contribution is 0.0903. The van der Waals surface area contributed by atoms with Crippen LogP contribution in [0.25, 0.3) is 21.8 Å². The SMILES string of the molecule is Nc1cc(C(=O)CNC(=O)c2ccccc2CCOc2ccc3c(c2)[nH]c2ccccc23)ccc1OCc1ccccc1. The number of hydrogen-bond donors (Lipinski definition) is 3. The van der Waals surface area contributed by atoms with Crippen molar-refractivity contribution in [1.82, 2.24) is 10.3 Å². The maximum atomic E-state index is 13.1. The highest BCUT2D eigenvalue weighted by Crippen LogP contribution is 2.28. The molecule has 5 aromatic carbocycles. The van der Waals surface area contributed by atoms with Gasteiger partial charge >= 0.3 is 0 Å². The molecule has 4 N–H and O–H groups in total. The molecule has 0 aliphatic rings. The summed E-state index contributed by atoms with van der Waals surface area (Å²) in [5.74, 6) is 0.686. The fourth-order valence-corrected chi connectivity index (χ4v) is 5.11. The molecule has 0 saturated heterocycles. The molecule has 1 heterocycles. The van der Waals surface area contributed by atoms with Gasteiger partial charge < -0.3 is 25.5 Å². The molecule has 43 heavy (non-hydrogen) atoms. The number of benzene rings is 5. The molecule has 0 aliphatic carbocycles. The number of fused-ring (bicyclic) bond motifs is 3. The number of para-hydroxylation sites is 1. The second-order valence-electron chi connectivity index (χ2n) is 10.3. The third kappa shape index (κ3) is 6.36. The number of ketones is 1. The molecule has 0 spiro atoms. The summed E-state index contributed by atoms with van der Waals surface area (Å²) in [7, 11) is 0. The average Bonchev–Trinajstić information content (AvgIpc) is 3.41. The van der Waals surface area contributed by atoms with Crippen LogP contribution < -0.4 is 20.5 Å². The smallest absolute Gasteiger partial charge is 0.251 e. The molecular formula is C36H31N3O4. The number of nitrogens with two attached hydrogens (primary N) is 1. The van der Waals surface area contributed by atoms with Gasteiger partial charge in [-0.2, -0.15) is 0 Å². The monoisotopic (exact) mass is 569 g/mol. The maximum Gasteiger partial charge on any atom is 0.251 e. The van der Waals surface area contributed by atoms with Crippen molar-refractivity contribution in [3.63, 3.8) is 0 Å². The number of anilines is 1. The van der Waals surface area contributed by atoms with Gasteiger partial charge in [-0.3, -0.25) is 9.59 Å². The van der Waals surface area contributed by atoms with Crippen LogP contribution in [0.1, 0.15) is 31.8 Å². The van der Waals surface area contributed by atoms with Crippen molar-refractivity contribution in [2.45, 2.75) is 13.0 Å². The standard InChI is InChI=1S/C36H31N3O4/c37-31-20-26(14-17-35(31)43-23-24-8-2-1-3-9-24)34(40)22-38-36(41)28-11-5-4-10-25(28)18-19-42-27-15-16-30-29-12-6-7-13-32(29)39-33(30)21-27/h1-17,20-21,39H,18-19,22-23,37H2,(H,38,41). The molecule has 0 bridgehead atoms. The number of carbonyl (C=O) groups excluding carboxylic acids is 2. The number of rotatable bonds is 11. The number of aromatic nitrogens is 1. The fraction of sp³-hybridized carbons (Fsp3) is 0.111. The lowest BCUT2D eigenvalue weighted by atomic mass is 10.0. The minimum atomic E-state index is -0.320. The first-order chi connectivity index (χ1) is 21.0. The first-order valence-electron chi connectivity index (χ1n) is 14.1. The van der Waals surface area contributed by atoms with Crippen LogP contribution in [0, 0.1) is 0 Å². The summed E-state index contributed by atoms with van der Waals surface area (Å²) in [4.78, 5) is 29.3. The first kappa shape index (κ1) is 27.6. The van der Waals surface area contributed by atoms with Gasteiger partial charge in [0.05, 0.1) is 24.4 Å². The third-order valence-electron chi connectivity index (χ3n) is 7.36. The third-order valence-corrected chi connectivity index (χ3v) is 7.36. The van der Waals surface area contributed by atoms with Crippen LogP contribution >= 0.6 is 0 Å². The Hall–Kier alpha value is -5.56. The number of H-pyrrole nitrogens is 1. The van der Waals surface area contributed by atoms with Gasteiger partial charge in [-0.15, -0.1) is 0 Å². The molecule has 214 valence electrons. The summed E-state index contributed by atoms with van der Waals surface area (Å²) < 4.78 is 11.8. The highest BCUT2D eigenvalue weighted by molar-refractivity contribution is 6.07. The van der Waals surface area contributed by atoms with Crippen LogP contribution in [0.3, 0.4) is 0 Å². The molecule has 6 aromatic rings. The second kappa shape index (κ2) is 12.5. The molecule has 0 atom stereocenters. The zero-order valence-electron chi connectivity index (χ0n) is 23.5. The van der Waals surface area contributed by atoms with Gasteiger partial charge in [0, 0.05) is 39.9 Å². The van der Waals surface area contributed by atoms with Crippen LogP contribution in [-0.2, 0) is 13.0 Å². The number of carbonyl (C=O) groups is 2. The summed E-state index contributed by atoms with van der Waals surface area (Å²) in [5, 5.41) is 5.08. The second-order valence-corrected chi connectivity index (χ2v) is 10.3. The van der Waals surface area contributed by atoms with Crippen molar-refractivity contribution in [1.29, 1.82) is 0 Å². The molecule has 0 aliphatic heterocycles. The minimum Gasteiger partial charge on any atom is -0.493 e. The number of nitrogens with one attached hydrogen (secondary N) is 2. The summed E-state index contributed by atoms with van der Waals surface area (Å²) in [6.07, 6.45) is 0.531. The Morgan fingerprint density at radius 2 is 1.51 bits per heavy atom. The number of Topliss-reactive ketones (excluding diaryl/α,β-unsaturated/α-hetero) is 1. The minimum absolute atomic E-state index is 0.155. The van der Waals surface area contributed by atoms with Gasteiger partial charge in [-0.05, 0) is 53.6 Å². The van der Waals surface area contributed by atoms with E-state index < -0.39 is 0 Å². The van der Waals surface area contributed by atoms with E-state index in [1.165, 1.54) is 5.39 Å². The lowest BCUT2D eigenvalue weighted by Crippen LogP contribution is -2.30. The zero-order valence-corrected chi connectivity index (χ0v) is 23.5. The number of nitrogen functional groups attached to an aromatic ring is 1. The van der Waals surface area contributed by atoms with Crippen molar-refractivity contribution < 1.29 is 19.1 Å². The van der Waals surface area contributed by atoms with Crippen LogP contribution in [0.5, 0.6) is 11.5 Å². The topological polar surface area (TPSA) is 106 Å². The van der Waals surface area contributed by atoms with E-state index in [1.807, 2.05) is 66.7 Å². The molecule has 1 aromatic heterocycles. The summed E-state index contributed by atoms with van der Waals surface area (Å²) >= 11 is 0. The zero-order chi connectivity index (χ0) is 29.6. The van der Waals surface area contributed by atoms with Gasteiger partial charge in [-0.25, -0.2) is 0 Å². The van der Waals surface area contributed by atoms with Crippen LogP contribution in [0.15, 0.2) is 115 Å². The molecule has 0 unspecified atom stereocenters. The quantitative estimate of drug-likeness (QED) is 0.119. The Morgan fingerprint density at radius 1 is 0.744 bits per heavy atom. The molecule has 0 radical (unpaired) electrons. The van der Waals surface area contributed by atoms with E-state index >= 15 is 0 Å². The van der Waals surface area contributed by atoms with E-state index in [4.69, 9.17) is 15.2 Å². The summed E-state index contributed by atoms with van der Waals surface area (Å²) in [6.45, 7) is 0.614. The predicted molar refractivity (Wildman–Crippen MR) is 170 cm³/mol. The highest BCUT2D eigenvalue weighted by atomic mass is 16.5. The maximum absolute atomic E-state index is 13.1. The van der Waals surface area contributed by atoms with Crippen molar-refractivity contribution in [3.8, 4) is 11.5 Å². The molecule has 6 rings (SSSR count). The first-order valence-corrected chi connectivity index (χ1v) is 14.1. The van der Waals surface area contributed by atoms with Gasteiger partial charge in [0.2, 0.25) is 0 Å². The molecular weight excluding hydrogens is 538 g/mol. The van der Waals surface area contributed by atoms with Gasteiger partial charge in [0.1, 0.15) is 18.1 Å². The van der Waals surface area contributed by atoms with Crippen molar-refractivity contribution >= 4 is 39.2 Å². The molecule has 0 saturated carbocycles.